The minimum Gasteiger partial charge on any atom is -0.392 e. The predicted octanol–water partition coefficient (Wildman–Crippen LogP) is 3.70. The first-order valence-electron chi connectivity index (χ1n) is 9.69. The van der Waals surface area contributed by atoms with Crippen molar-refractivity contribution in [3.8, 4) is 11.3 Å². The Morgan fingerprint density at radius 3 is 2.52 bits per heavy atom. The van der Waals surface area contributed by atoms with Crippen molar-refractivity contribution in [1.82, 2.24) is 15.5 Å². The lowest BCUT2D eigenvalue weighted by molar-refractivity contribution is 0.0976. The van der Waals surface area contributed by atoms with E-state index in [0.29, 0.717) is 12.4 Å². The molecular weight excluding hydrogens is 404 g/mol. The number of aliphatic hydroxyl groups is 1. The van der Waals surface area contributed by atoms with Crippen molar-refractivity contribution in [2.24, 2.45) is 10.9 Å². The number of carbonyl (C=O) groups excluding carboxylic acids is 1. The van der Waals surface area contributed by atoms with E-state index in [1.807, 2.05) is 26.0 Å². The lowest BCUT2D eigenvalue weighted by Crippen LogP contribution is -2.36. The maximum atomic E-state index is 13.5. The van der Waals surface area contributed by atoms with E-state index in [1.165, 1.54) is 6.07 Å². The van der Waals surface area contributed by atoms with E-state index in [9.17, 15) is 13.6 Å². The number of guanidine groups is 1. The van der Waals surface area contributed by atoms with Crippen LogP contribution in [0.15, 0.2) is 53.5 Å². The Labute approximate surface area is 178 Å². The fourth-order valence-corrected chi connectivity index (χ4v) is 2.65. The molecule has 4 N–H and O–H groups in total. The highest BCUT2D eigenvalue weighted by molar-refractivity contribution is 6.09. The second-order valence-electron chi connectivity index (χ2n) is 7.31. The Hall–Kier alpha value is -3.59. The maximum Gasteiger partial charge on any atom is 0.258 e. The number of hydrogen-bond acceptors (Lipinski definition) is 4. The largest absolute Gasteiger partial charge is 0.392 e. The maximum absolute atomic E-state index is 13.5. The first-order valence-corrected chi connectivity index (χ1v) is 9.69. The summed E-state index contributed by atoms with van der Waals surface area (Å²) >= 11 is 0. The Kier molecular flexibility index (Phi) is 7.09. The Bertz CT molecular complexity index is 1080. The zero-order valence-corrected chi connectivity index (χ0v) is 17.1. The normalized spacial score (nSPS) is 11.6. The zero-order chi connectivity index (χ0) is 22.4. The predicted molar refractivity (Wildman–Crippen MR) is 115 cm³/mol. The molecule has 0 bridgehead atoms. The number of carbonyl (C=O) groups is 1. The minimum atomic E-state index is -1.11. The molecule has 162 valence electrons. The number of halogens is 2. The number of nitrogens with one attached hydrogen (secondary N) is 3. The molecule has 0 aliphatic carbocycles. The van der Waals surface area contributed by atoms with Gasteiger partial charge in [0.1, 0.15) is 0 Å². The number of aromatic amines is 1. The van der Waals surface area contributed by atoms with E-state index in [4.69, 9.17) is 5.11 Å². The van der Waals surface area contributed by atoms with Gasteiger partial charge < -0.3 is 10.4 Å². The Morgan fingerprint density at radius 1 is 1.13 bits per heavy atom. The number of aromatic nitrogens is 2. The lowest BCUT2D eigenvalue weighted by Gasteiger charge is -2.11. The average Bonchev–Trinajstić information content (AvgIpc) is 3.22. The smallest absolute Gasteiger partial charge is 0.258 e. The standard InChI is InChI=1S/C22H23F2N5O2/c1-13(2)11-25-22(27-21(31)16-7-8-17(23)18(24)9-16)26-20-10-19(28-29-20)15-5-3-14(12-30)4-6-15/h3-10,13,30H,11-12H2,1-2H3,(H3,25,26,27,28,29,31). The summed E-state index contributed by atoms with van der Waals surface area (Å²) in [6, 6.07) is 12.0. The second kappa shape index (κ2) is 9.94. The number of rotatable bonds is 6. The molecule has 3 aromatic rings. The highest BCUT2D eigenvalue weighted by atomic mass is 19.2. The van der Waals surface area contributed by atoms with Crippen LogP contribution in [0.5, 0.6) is 0 Å². The molecule has 1 aromatic heterocycles. The molecule has 0 radical (unpaired) electrons. The van der Waals surface area contributed by atoms with Crippen molar-refractivity contribution in [1.29, 1.82) is 0 Å². The fourth-order valence-electron chi connectivity index (χ4n) is 2.65. The molecule has 7 nitrogen and oxygen atoms in total. The minimum absolute atomic E-state index is 0.0374. The van der Waals surface area contributed by atoms with Crippen LogP contribution in [-0.2, 0) is 6.61 Å². The molecule has 31 heavy (non-hydrogen) atoms. The number of anilines is 1. The molecule has 0 spiro atoms. The highest BCUT2D eigenvalue weighted by Crippen LogP contribution is 2.20. The highest BCUT2D eigenvalue weighted by Gasteiger charge is 2.14. The van der Waals surface area contributed by atoms with Crippen molar-refractivity contribution in [2.45, 2.75) is 20.5 Å². The van der Waals surface area contributed by atoms with E-state index >= 15 is 0 Å². The third kappa shape index (κ3) is 5.95. The molecule has 0 saturated carbocycles. The van der Waals surface area contributed by atoms with Gasteiger partial charge in [-0.25, -0.2) is 8.78 Å². The van der Waals surface area contributed by atoms with Gasteiger partial charge in [0.2, 0.25) is 5.96 Å². The summed E-state index contributed by atoms with van der Waals surface area (Å²) < 4.78 is 26.6. The van der Waals surface area contributed by atoms with E-state index in [-0.39, 0.29) is 24.0 Å². The number of nitrogens with zero attached hydrogens (tertiary/aromatic N) is 2. The number of benzene rings is 2. The van der Waals surface area contributed by atoms with Gasteiger partial charge in [-0.2, -0.15) is 5.10 Å². The summed E-state index contributed by atoms with van der Waals surface area (Å²) in [6.45, 7) is 4.34. The van der Waals surface area contributed by atoms with Gasteiger partial charge in [0.15, 0.2) is 17.5 Å². The van der Waals surface area contributed by atoms with Crippen LogP contribution in [0.3, 0.4) is 0 Å². The lowest BCUT2D eigenvalue weighted by atomic mass is 10.1. The van der Waals surface area contributed by atoms with E-state index in [1.54, 1.807) is 18.2 Å². The summed E-state index contributed by atoms with van der Waals surface area (Å²) in [4.78, 5) is 16.8. The number of amides is 1. The summed E-state index contributed by atoms with van der Waals surface area (Å²) in [6.07, 6.45) is 0. The molecule has 0 aliphatic heterocycles. The third-order valence-corrected chi connectivity index (χ3v) is 4.30. The number of H-pyrrole nitrogens is 1. The van der Waals surface area contributed by atoms with Gasteiger partial charge in [-0.3, -0.25) is 20.2 Å². The molecular formula is C22H23F2N5O2. The molecule has 0 atom stereocenters. The van der Waals surface area contributed by atoms with E-state index in [0.717, 1.165) is 29.0 Å². The molecule has 3 rings (SSSR count). The fraction of sp³-hybridized carbons (Fsp3) is 0.227. The van der Waals surface area contributed by atoms with Gasteiger partial charge in [-0.05, 0) is 35.2 Å². The van der Waals surface area contributed by atoms with Crippen molar-refractivity contribution in [3.05, 3.63) is 71.3 Å². The van der Waals surface area contributed by atoms with Gasteiger partial charge in [-0.15, -0.1) is 0 Å². The first kappa shape index (κ1) is 22.1. The topological polar surface area (TPSA) is 102 Å². The Balaban J connectivity index is 1.76. The molecule has 0 fully saturated rings. The van der Waals surface area contributed by atoms with Crippen LogP contribution in [0, 0.1) is 17.6 Å². The van der Waals surface area contributed by atoms with Crippen LogP contribution in [0.1, 0.15) is 29.8 Å². The summed E-state index contributed by atoms with van der Waals surface area (Å²) in [5.41, 5.74) is 2.35. The van der Waals surface area contributed by atoms with Gasteiger partial charge >= 0.3 is 0 Å². The summed E-state index contributed by atoms with van der Waals surface area (Å²) in [5.74, 6) is -1.99. The van der Waals surface area contributed by atoms with E-state index in [2.05, 4.69) is 25.8 Å². The monoisotopic (exact) mass is 427 g/mol. The quantitative estimate of drug-likeness (QED) is 0.356. The molecule has 0 unspecified atom stereocenters. The van der Waals surface area contributed by atoms with Crippen LogP contribution in [-0.4, -0.2) is 33.7 Å². The Morgan fingerprint density at radius 2 is 1.87 bits per heavy atom. The molecule has 0 aliphatic rings. The van der Waals surface area contributed by atoms with Crippen molar-refractivity contribution in [2.75, 3.05) is 11.9 Å². The SMILES string of the molecule is CC(C)CN=C(NC(=O)c1ccc(F)c(F)c1)Nc1cc(-c2ccc(CO)cc2)[nH]n1. The van der Waals surface area contributed by atoms with Crippen LogP contribution >= 0.6 is 0 Å². The van der Waals surface area contributed by atoms with Gasteiger partial charge in [0.25, 0.3) is 5.91 Å². The number of aliphatic imine (C=N–C) groups is 1. The molecule has 0 saturated heterocycles. The van der Waals surface area contributed by atoms with E-state index < -0.39 is 17.5 Å². The van der Waals surface area contributed by atoms with Crippen LogP contribution < -0.4 is 10.6 Å². The number of aliphatic hydroxyl groups excluding tert-OH is 1. The van der Waals surface area contributed by atoms with Crippen LogP contribution in [0.25, 0.3) is 11.3 Å². The van der Waals surface area contributed by atoms with Gasteiger partial charge in [0, 0.05) is 18.2 Å². The van der Waals surface area contributed by atoms with Crippen molar-refractivity contribution >= 4 is 17.7 Å². The third-order valence-electron chi connectivity index (χ3n) is 4.30. The van der Waals surface area contributed by atoms with Crippen LogP contribution in [0.4, 0.5) is 14.6 Å². The number of hydrogen-bond donors (Lipinski definition) is 4. The van der Waals surface area contributed by atoms with Crippen molar-refractivity contribution < 1.29 is 18.7 Å². The molecule has 1 amide bonds. The van der Waals surface area contributed by atoms with Gasteiger partial charge in [-0.1, -0.05) is 38.1 Å². The summed E-state index contributed by atoms with van der Waals surface area (Å²) in [7, 11) is 0. The first-order chi connectivity index (χ1) is 14.9. The van der Waals surface area contributed by atoms with Gasteiger partial charge in [0.05, 0.1) is 12.3 Å². The van der Waals surface area contributed by atoms with Crippen molar-refractivity contribution in [3.63, 3.8) is 0 Å². The molecule has 2 aromatic carbocycles. The second-order valence-corrected chi connectivity index (χ2v) is 7.31. The average molecular weight is 427 g/mol. The summed E-state index contributed by atoms with van der Waals surface area (Å²) in [5, 5.41) is 21.8. The zero-order valence-electron chi connectivity index (χ0n) is 17.1. The van der Waals surface area contributed by atoms with Crippen LogP contribution in [0.2, 0.25) is 0 Å². The molecule has 1 heterocycles. The molecule has 9 heteroatoms.